The quantitative estimate of drug-likeness (QED) is 0.727. The van der Waals surface area contributed by atoms with Crippen LogP contribution in [0.5, 0.6) is 0 Å². The maximum atomic E-state index is 9.09. The highest BCUT2D eigenvalue weighted by atomic mass is 15.1. The maximum Gasteiger partial charge on any atom is 0.0991 e. The second kappa shape index (κ2) is 5.46. The Morgan fingerprint density at radius 1 is 1.36 bits per heavy atom. The van der Waals surface area contributed by atoms with Crippen LogP contribution in [0.3, 0.4) is 0 Å². The molecule has 22 heavy (non-hydrogen) atoms. The molecule has 3 nitrogen and oxygen atoms in total. The standard InChI is InChI=1S/C17H15N3.C2H6/c1-12-8-17(5-2-6-20-11-19-10-16(17)20)15-4-3-13(9-18)7-14(12)15;1-2/h3-4,7,10-11H,1-2,5-6,8H2;1-2H3. The molecule has 1 atom stereocenters. The summed E-state index contributed by atoms with van der Waals surface area (Å²) in [7, 11) is 0. The van der Waals surface area contributed by atoms with Crippen molar-refractivity contribution in [2.75, 3.05) is 0 Å². The molecule has 1 aliphatic carbocycles. The summed E-state index contributed by atoms with van der Waals surface area (Å²) < 4.78 is 2.27. The van der Waals surface area contributed by atoms with E-state index in [2.05, 4.69) is 28.3 Å². The molecule has 1 unspecified atom stereocenters. The van der Waals surface area contributed by atoms with Gasteiger partial charge in [0.15, 0.2) is 0 Å². The predicted molar refractivity (Wildman–Crippen MR) is 88.4 cm³/mol. The Morgan fingerprint density at radius 2 is 2.18 bits per heavy atom. The van der Waals surface area contributed by atoms with E-state index in [0.717, 1.165) is 31.4 Å². The number of aromatic nitrogens is 2. The number of allylic oxidation sites excluding steroid dienone is 1. The molecule has 4 rings (SSSR count). The van der Waals surface area contributed by atoms with Crippen LogP contribution in [0, 0.1) is 11.3 Å². The lowest BCUT2D eigenvalue weighted by atomic mass is 9.73. The van der Waals surface area contributed by atoms with Crippen molar-refractivity contribution in [3.63, 3.8) is 0 Å². The third-order valence-electron chi connectivity index (χ3n) is 4.77. The molecular formula is C19H21N3. The molecule has 0 radical (unpaired) electrons. The molecule has 1 aliphatic heterocycles. The van der Waals surface area contributed by atoms with Crippen LogP contribution in [-0.2, 0) is 12.0 Å². The van der Waals surface area contributed by atoms with Gasteiger partial charge in [-0.15, -0.1) is 0 Å². The number of imidazole rings is 1. The molecule has 2 aliphatic rings. The number of nitrogens with zero attached hydrogens (tertiary/aromatic N) is 3. The van der Waals surface area contributed by atoms with E-state index in [9.17, 15) is 0 Å². The average molecular weight is 291 g/mol. The van der Waals surface area contributed by atoms with E-state index in [1.807, 2.05) is 38.5 Å². The van der Waals surface area contributed by atoms with Crippen molar-refractivity contribution in [2.24, 2.45) is 0 Å². The first-order valence-corrected chi connectivity index (χ1v) is 7.98. The van der Waals surface area contributed by atoms with Crippen LogP contribution < -0.4 is 0 Å². The Balaban J connectivity index is 0.000000693. The molecule has 112 valence electrons. The molecule has 0 saturated carbocycles. The van der Waals surface area contributed by atoms with Crippen molar-refractivity contribution >= 4 is 5.57 Å². The summed E-state index contributed by atoms with van der Waals surface area (Å²) in [5.41, 5.74) is 5.67. The highest BCUT2D eigenvalue weighted by molar-refractivity contribution is 5.77. The fourth-order valence-corrected chi connectivity index (χ4v) is 3.91. The van der Waals surface area contributed by atoms with Crippen molar-refractivity contribution in [3.05, 3.63) is 59.7 Å². The number of benzene rings is 1. The van der Waals surface area contributed by atoms with Gasteiger partial charge in [0.05, 0.1) is 18.0 Å². The van der Waals surface area contributed by atoms with Crippen molar-refractivity contribution in [3.8, 4) is 6.07 Å². The summed E-state index contributed by atoms with van der Waals surface area (Å²) >= 11 is 0. The summed E-state index contributed by atoms with van der Waals surface area (Å²) in [6, 6.07) is 8.26. The second-order valence-corrected chi connectivity index (χ2v) is 5.81. The van der Waals surface area contributed by atoms with Gasteiger partial charge in [-0.1, -0.05) is 26.5 Å². The Hall–Kier alpha value is -2.34. The molecule has 2 heterocycles. The van der Waals surface area contributed by atoms with Gasteiger partial charge in [0.25, 0.3) is 0 Å². The summed E-state index contributed by atoms with van der Waals surface area (Å²) in [6.07, 6.45) is 7.18. The van der Waals surface area contributed by atoms with Crippen LogP contribution in [-0.4, -0.2) is 9.55 Å². The topological polar surface area (TPSA) is 41.6 Å². The Kier molecular flexibility index (Phi) is 3.62. The van der Waals surface area contributed by atoms with Gasteiger partial charge in [-0.3, -0.25) is 0 Å². The van der Waals surface area contributed by atoms with Crippen LogP contribution in [0.4, 0.5) is 0 Å². The smallest absolute Gasteiger partial charge is 0.0991 e. The first-order chi connectivity index (χ1) is 10.7. The van der Waals surface area contributed by atoms with E-state index in [0.29, 0.717) is 5.56 Å². The molecule has 0 bridgehead atoms. The van der Waals surface area contributed by atoms with Crippen LogP contribution in [0.2, 0.25) is 0 Å². The average Bonchev–Trinajstić information content (AvgIpc) is 3.15. The molecule has 1 aromatic carbocycles. The van der Waals surface area contributed by atoms with E-state index in [1.165, 1.54) is 16.8 Å². The molecule has 1 aromatic heterocycles. The van der Waals surface area contributed by atoms with Crippen LogP contribution in [0.15, 0.2) is 37.3 Å². The monoisotopic (exact) mass is 291 g/mol. The predicted octanol–water partition coefficient (Wildman–Crippen LogP) is 4.28. The third-order valence-corrected chi connectivity index (χ3v) is 4.77. The molecule has 0 fully saturated rings. The number of hydrogen-bond acceptors (Lipinski definition) is 2. The van der Waals surface area contributed by atoms with E-state index in [4.69, 9.17) is 5.26 Å². The lowest BCUT2D eigenvalue weighted by Gasteiger charge is -2.35. The Morgan fingerprint density at radius 3 is 2.95 bits per heavy atom. The summed E-state index contributed by atoms with van der Waals surface area (Å²) in [5, 5.41) is 9.09. The highest BCUT2D eigenvalue weighted by Gasteiger charge is 2.45. The minimum Gasteiger partial charge on any atom is -0.334 e. The number of aryl methyl sites for hydroxylation is 1. The Labute approximate surface area is 131 Å². The number of nitriles is 1. The molecular weight excluding hydrogens is 270 g/mol. The molecule has 2 aromatic rings. The van der Waals surface area contributed by atoms with Crippen LogP contribution in [0.1, 0.15) is 55.5 Å². The molecule has 0 saturated heterocycles. The largest absolute Gasteiger partial charge is 0.334 e. The Bertz CT molecular complexity index is 763. The normalized spacial score (nSPS) is 21.6. The fourth-order valence-electron chi connectivity index (χ4n) is 3.91. The van der Waals surface area contributed by atoms with Gasteiger partial charge in [0.1, 0.15) is 0 Å². The number of fused-ring (bicyclic) bond motifs is 4. The van der Waals surface area contributed by atoms with Crippen LogP contribution in [0.25, 0.3) is 5.57 Å². The van der Waals surface area contributed by atoms with Crippen molar-refractivity contribution in [1.29, 1.82) is 5.26 Å². The minimum atomic E-state index is 0.0230. The van der Waals surface area contributed by atoms with Gasteiger partial charge in [-0.2, -0.15) is 5.26 Å². The van der Waals surface area contributed by atoms with Crippen molar-refractivity contribution < 1.29 is 0 Å². The zero-order valence-electron chi connectivity index (χ0n) is 13.3. The minimum absolute atomic E-state index is 0.0230. The van der Waals surface area contributed by atoms with Crippen LogP contribution >= 0.6 is 0 Å². The first-order valence-electron chi connectivity index (χ1n) is 7.98. The zero-order valence-corrected chi connectivity index (χ0v) is 13.3. The van der Waals surface area contributed by atoms with Gasteiger partial charge in [-0.05, 0) is 48.1 Å². The number of rotatable bonds is 0. The van der Waals surface area contributed by atoms with E-state index >= 15 is 0 Å². The van der Waals surface area contributed by atoms with Gasteiger partial charge >= 0.3 is 0 Å². The van der Waals surface area contributed by atoms with Gasteiger partial charge in [0, 0.05) is 23.9 Å². The van der Waals surface area contributed by atoms with E-state index < -0.39 is 0 Å². The zero-order chi connectivity index (χ0) is 15.7. The summed E-state index contributed by atoms with van der Waals surface area (Å²) in [6.45, 7) is 9.29. The van der Waals surface area contributed by atoms with Gasteiger partial charge < -0.3 is 4.57 Å². The molecule has 1 spiro atoms. The third kappa shape index (κ3) is 1.91. The first kappa shape index (κ1) is 14.6. The molecule has 0 amide bonds. The summed E-state index contributed by atoms with van der Waals surface area (Å²) in [4.78, 5) is 4.34. The van der Waals surface area contributed by atoms with Crippen molar-refractivity contribution in [1.82, 2.24) is 9.55 Å². The number of hydrogen-bond donors (Lipinski definition) is 0. The summed E-state index contributed by atoms with van der Waals surface area (Å²) in [5.74, 6) is 0. The lowest BCUT2D eigenvalue weighted by Crippen LogP contribution is -2.32. The molecule has 0 N–H and O–H groups in total. The van der Waals surface area contributed by atoms with E-state index in [-0.39, 0.29) is 5.41 Å². The molecule has 3 heteroatoms. The second-order valence-electron chi connectivity index (χ2n) is 5.81. The highest BCUT2D eigenvalue weighted by Crippen LogP contribution is 2.53. The maximum absolute atomic E-state index is 9.09. The van der Waals surface area contributed by atoms with Crippen molar-refractivity contribution in [2.45, 2.75) is 45.1 Å². The lowest BCUT2D eigenvalue weighted by molar-refractivity contribution is 0.377. The van der Waals surface area contributed by atoms with Gasteiger partial charge in [-0.25, -0.2) is 4.98 Å². The SMILES string of the molecule is C=C1CC2(CCCn3cncc32)c2ccc(C#N)cc21.CC. The van der Waals surface area contributed by atoms with Gasteiger partial charge in [0.2, 0.25) is 0 Å². The van der Waals surface area contributed by atoms with E-state index in [1.54, 1.807) is 0 Å². The fraction of sp³-hybridized carbons (Fsp3) is 0.368.